The van der Waals surface area contributed by atoms with E-state index in [1.165, 1.54) is 11.1 Å². The first kappa shape index (κ1) is 22.4. The molecule has 0 saturated heterocycles. The molecule has 2 rings (SSSR count). The van der Waals surface area contributed by atoms with Crippen molar-refractivity contribution in [2.45, 2.75) is 53.0 Å². The van der Waals surface area contributed by atoms with E-state index in [0.717, 1.165) is 24.7 Å². The Kier molecular flexibility index (Phi) is 10.2. The van der Waals surface area contributed by atoms with Gasteiger partial charge in [0.25, 0.3) is 0 Å². The molecule has 0 spiro atoms. The average Bonchev–Trinajstić information content (AvgIpc) is 3.09. The zero-order valence-electron chi connectivity index (χ0n) is 16.1. The molecule has 0 bridgehead atoms. The van der Waals surface area contributed by atoms with Gasteiger partial charge in [0.1, 0.15) is 0 Å². The Balaban J connectivity index is 0.00000338. The Labute approximate surface area is 173 Å². The van der Waals surface area contributed by atoms with Crippen LogP contribution in [-0.4, -0.2) is 29.2 Å². The number of guanidine groups is 1. The zero-order chi connectivity index (χ0) is 18.1. The highest BCUT2D eigenvalue weighted by Gasteiger charge is 2.09. The Bertz CT molecular complexity index is 684. The van der Waals surface area contributed by atoms with E-state index in [9.17, 15) is 0 Å². The van der Waals surface area contributed by atoms with Crippen LogP contribution in [0.15, 0.2) is 33.8 Å². The third-order valence-corrected chi connectivity index (χ3v) is 3.88. The van der Waals surface area contributed by atoms with Gasteiger partial charge in [0.2, 0.25) is 5.89 Å². The van der Waals surface area contributed by atoms with Gasteiger partial charge in [-0.3, -0.25) is 0 Å². The lowest BCUT2D eigenvalue weighted by Gasteiger charge is -2.11. The molecule has 2 aromatic rings. The topological polar surface area (TPSA) is 75.3 Å². The van der Waals surface area contributed by atoms with Crippen LogP contribution in [0.4, 0.5) is 0 Å². The number of rotatable bonds is 8. The number of hydrogen-bond donors (Lipinski definition) is 2. The predicted molar refractivity (Wildman–Crippen MR) is 116 cm³/mol. The van der Waals surface area contributed by atoms with Crippen molar-refractivity contribution in [3.63, 3.8) is 0 Å². The van der Waals surface area contributed by atoms with Crippen LogP contribution in [0, 0.1) is 0 Å². The molecule has 1 aromatic heterocycles. The molecule has 144 valence electrons. The van der Waals surface area contributed by atoms with Gasteiger partial charge in [0, 0.05) is 25.4 Å². The lowest BCUT2D eigenvalue weighted by molar-refractivity contribution is 0.371. The van der Waals surface area contributed by atoms with Gasteiger partial charge in [0.05, 0.1) is 6.54 Å². The SMILES string of the molecule is CCNC(=NCc1ccccc1CC)NCCc1nc(C(C)C)no1.I. The highest BCUT2D eigenvalue weighted by atomic mass is 127. The molecule has 0 amide bonds. The smallest absolute Gasteiger partial charge is 0.228 e. The van der Waals surface area contributed by atoms with Crippen LogP contribution in [0.5, 0.6) is 0 Å². The number of hydrogen-bond acceptors (Lipinski definition) is 4. The number of nitrogens with one attached hydrogen (secondary N) is 2. The van der Waals surface area contributed by atoms with Crippen molar-refractivity contribution < 1.29 is 4.52 Å². The Morgan fingerprint density at radius 2 is 1.88 bits per heavy atom. The van der Waals surface area contributed by atoms with Gasteiger partial charge in [-0.1, -0.05) is 50.2 Å². The summed E-state index contributed by atoms with van der Waals surface area (Å²) in [6.07, 6.45) is 1.70. The van der Waals surface area contributed by atoms with E-state index in [1.807, 2.05) is 0 Å². The molecule has 0 radical (unpaired) electrons. The minimum Gasteiger partial charge on any atom is -0.357 e. The zero-order valence-corrected chi connectivity index (χ0v) is 18.4. The molecule has 1 heterocycles. The molecule has 0 fully saturated rings. The van der Waals surface area contributed by atoms with E-state index in [4.69, 9.17) is 4.52 Å². The second-order valence-electron chi connectivity index (χ2n) is 6.20. The number of aromatic nitrogens is 2. The molecule has 0 saturated carbocycles. The molecule has 7 heteroatoms. The minimum absolute atomic E-state index is 0. The summed E-state index contributed by atoms with van der Waals surface area (Å²) in [6.45, 7) is 10.5. The Morgan fingerprint density at radius 1 is 1.15 bits per heavy atom. The number of benzene rings is 1. The van der Waals surface area contributed by atoms with Crippen LogP contribution in [0.25, 0.3) is 0 Å². The van der Waals surface area contributed by atoms with E-state index in [2.05, 4.69) is 77.7 Å². The maximum Gasteiger partial charge on any atom is 0.228 e. The van der Waals surface area contributed by atoms with Crippen LogP contribution < -0.4 is 10.6 Å². The molecule has 0 aliphatic rings. The molecule has 2 N–H and O–H groups in total. The standard InChI is InChI=1S/C19H29N5O.HI/c1-5-15-9-7-8-10-16(15)13-22-19(20-6-2)21-12-11-17-23-18(14(3)4)24-25-17;/h7-10,14H,5-6,11-13H2,1-4H3,(H2,20,21,22);1H. The van der Waals surface area contributed by atoms with Gasteiger partial charge in [0.15, 0.2) is 11.8 Å². The third kappa shape index (κ3) is 6.93. The van der Waals surface area contributed by atoms with Gasteiger partial charge < -0.3 is 15.2 Å². The van der Waals surface area contributed by atoms with Gasteiger partial charge in [-0.05, 0) is 24.5 Å². The van der Waals surface area contributed by atoms with Crippen molar-refractivity contribution in [2.24, 2.45) is 4.99 Å². The van der Waals surface area contributed by atoms with E-state index >= 15 is 0 Å². The normalized spacial score (nSPS) is 11.3. The number of aliphatic imine (C=N–C) groups is 1. The Morgan fingerprint density at radius 3 is 2.50 bits per heavy atom. The van der Waals surface area contributed by atoms with E-state index in [1.54, 1.807) is 0 Å². The quantitative estimate of drug-likeness (QED) is 0.349. The van der Waals surface area contributed by atoms with Crippen LogP contribution in [-0.2, 0) is 19.4 Å². The van der Waals surface area contributed by atoms with Crippen molar-refractivity contribution in [3.8, 4) is 0 Å². The second kappa shape index (κ2) is 11.9. The number of halogens is 1. The third-order valence-electron chi connectivity index (χ3n) is 3.88. The first-order valence-electron chi connectivity index (χ1n) is 9.05. The molecule has 26 heavy (non-hydrogen) atoms. The molecule has 6 nitrogen and oxygen atoms in total. The number of aryl methyl sites for hydroxylation is 1. The summed E-state index contributed by atoms with van der Waals surface area (Å²) in [5, 5.41) is 10.6. The van der Waals surface area contributed by atoms with Crippen LogP contribution >= 0.6 is 24.0 Å². The van der Waals surface area contributed by atoms with E-state index < -0.39 is 0 Å². The van der Waals surface area contributed by atoms with Crippen molar-refractivity contribution in [3.05, 3.63) is 47.1 Å². The summed E-state index contributed by atoms with van der Waals surface area (Å²) in [5.41, 5.74) is 2.61. The molecule has 0 atom stereocenters. The first-order chi connectivity index (χ1) is 12.1. The van der Waals surface area contributed by atoms with Gasteiger partial charge in [-0.25, -0.2) is 4.99 Å². The fourth-order valence-corrected chi connectivity index (χ4v) is 2.45. The largest absolute Gasteiger partial charge is 0.357 e. The Hall–Kier alpha value is -1.64. The monoisotopic (exact) mass is 471 g/mol. The summed E-state index contributed by atoms with van der Waals surface area (Å²) >= 11 is 0. The summed E-state index contributed by atoms with van der Waals surface area (Å²) in [5.74, 6) is 2.50. The fourth-order valence-electron chi connectivity index (χ4n) is 2.45. The minimum atomic E-state index is 0. The first-order valence-corrected chi connectivity index (χ1v) is 9.05. The van der Waals surface area contributed by atoms with Crippen molar-refractivity contribution >= 4 is 29.9 Å². The maximum absolute atomic E-state index is 5.27. The van der Waals surface area contributed by atoms with Crippen molar-refractivity contribution in [1.82, 2.24) is 20.8 Å². The van der Waals surface area contributed by atoms with Gasteiger partial charge in [-0.15, -0.1) is 24.0 Å². The predicted octanol–water partition coefficient (Wildman–Crippen LogP) is 3.67. The molecular weight excluding hydrogens is 441 g/mol. The second-order valence-corrected chi connectivity index (χ2v) is 6.20. The van der Waals surface area contributed by atoms with Crippen LogP contribution in [0.1, 0.15) is 56.5 Å². The molecule has 1 aromatic carbocycles. The van der Waals surface area contributed by atoms with Crippen molar-refractivity contribution in [2.75, 3.05) is 13.1 Å². The lowest BCUT2D eigenvalue weighted by atomic mass is 10.1. The average molecular weight is 471 g/mol. The van der Waals surface area contributed by atoms with E-state index in [-0.39, 0.29) is 29.9 Å². The summed E-state index contributed by atoms with van der Waals surface area (Å²) in [7, 11) is 0. The molecule has 0 aliphatic carbocycles. The van der Waals surface area contributed by atoms with Gasteiger partial charge >= 0.3 is 0 Å². The lowest BCUT2D eigenvalue weighted by Crippen LogP contribution is -2.38. The highest BCUT2D eigenvalue weighted by molar-refractivity contribution is 14.0. The highest BCUT2D eigenvalue weighted by Crippen LogP contribution is 2.11. The molecule has 0 unspecified atom stereocenters. The summed E-state index contributed by atoms with van der Waals surface area (Å²) in [6, 6.07) is 8.43. The van der Waals surface area contributed by atoms with E-state index in [0.29, 0.717) is 25.4 Å². The summed E-state index contributed by atoms with van der Waals surface area (Å²) in [4.78, 5) is 9.08. The van der Waals surface area contributed by atoms with Crippen LogP contribution in [0.2, 0.25) is 0 Å². The van der Waals surface area contributed by atoms with Crippen molar-refractivity contribution in [1.29, 1.82) is 0 Å². The van der Waals surface area contributed by atoms with Gasteiger partial charge in [-0.2, -0.15) is 4.98 Å². The molecular formula is C19H30IN5O. The molecule has 0 aliphatic heterocycles. The fraction of sp³-hybridized carbons (Fsp3) is 0.526. The number of nitrogens with zero attached hydrogens (tertiary/aromatic N) is 3. The maximum atomic E-state index is 5.27. The van der Waals surface area contributed by atoms with Crippen LogP contribution in [0.3, 0.4) is 0 Å². The summed E-state index contributed by atoms with van der Waals surface area (Å²) < 4.78 is 5.27.